The van der Waals surface area contributed by atoms with E-state index in [-0.39, 0.29) is 11.6 Å². The summed E-state index contributed by atoms with van der Waals surface area (Å²) in [4.78, 5) is 11.9. The third-order valence-corrected chi connectivity index (χ3v) is 3.02. The Hall–Kier alpha value is -2.63. The fraction of sp³-hybridized carbons (Fsp3) is 0.312. The van der Waals surface area contributed by atoms with Gasteiger partial charge in [-0.2, -0.15) is 0 Å². The predicted octanol–water partition coefficient (Wildman–Crippen LogP) is 1.86. The van der Waals surface area contributed by atoms with Crippen molar-refractivity contribution in [1.29, 1.82) is 0 Å². The van der Waals surface area contributed by atoms with Crippen molar-refractivity contribution in [3.8, 4) is 11.6 Å². The minimum Gasteiger partial charge on any atom is -0.497 e. The molecule has 2 aromatic rings. The van der Waals surface area contributed by atoms with Crippen LogP contribution in [0.5, 0.6) is 11.6 Å². The van der Waals surface area contributed by atoms with Crippen molar-refractivity contribution in [1.82, 2.24) is 15.5 Å². The first-order valence-electron chi connectivity index (χ1n) is 7.10. The molecule has 1 aromatic carbocycles. The molecule has 6 heteroatoms. The fourth-order valence-electron chi connectivity index (χ4n) is 1.87. The number of benzene rings is 1. The SMILES string of the molecule is CCOc1ccc(C(=O)NCCc2ccc(OC)cc2)nn1. The summed E-state index contributed by atoms with van der Waals surface area (Å²) in [5.74, 6) is 0.985. The normalized spacial score (nSPS) is 10.1. The Morgan fingerprint density at radius 2 is 1.91 bits per heavy atom. The Morgan fingerprint density at radius 1 is 1.14 bits per heavy atom. The molecule has 0 aliphatic carbocycles. The Balaban J connectivity index is 1.81. The lowest BCUT2D eigenvalue weighted by atomic mass is 10.1. The number of methoxy groups -OCH3 is 1. The van der Waals surface area contributed by atoms with Crippen molar-refractivity contribution in [2.45, 2.75) is 13.3 Å². The van der Waals surface area contributed by atoms with Gasteiger partial charge in [0.2, 0.25) is 5.88 Å². The minimum atomic E-state index is -0.246. The average Bonchev–Trinajstić information content (AvgIpc) is 2.56. The molecule has 2 rings (SSSR count). The first-order chi connectivity index (χ1) is 10.7. The molecular formula is C16H19N3O3. The van der Waals surface area contributed by atoms with E-state index in [4.69, 9.17) is 9.47 Å². The van der Waals surface area contributed by atoms with E-state index in [1.54, 1.807) is 19.2 Å². The third-order valence-electron chi connectivity index (χ3n) is 3.02. The van der Waals surface area contributed by atoms with Gasteiger partial charge in [-0.25, -0.2) is 0 Å². The van der Waals surface area contributed by atoms with Crippen LogP contribution in [0.3, 0.4) is 0 Å². The van der Waals surface area contributed by atoms with Gasteiger partial charge < -0.3 is 14.8 Å². The lowest BCUT2D eigenvalue weighted by Crippen LogP contribution is -2.26. The van der Waals surface area contributed by atoms with Crippen LogP contribution >= 0.6 is 0 Å². The molecule has 0 saturated heterocycles. The molecule has 0 bridgehead atoms. The second-order valence-corrected chi connectivity index (χ2v) is 4.54. The van der Waals surface area contributed by atoms with Gasteiger partial charge in [0, 0.05) is 12.6 Å². The molecule has 0 saturated carbocycles. The summed E-state index contributed by atoms with van der Waals surface area (Å²) in [6.07, 6.45) is 0.736. The summed E-state index contributed by atoms with van der Waals surface area (Å²) < 4.78 is 10.3. The highest BCUT2D eigenvalue weighted by Gasteiger charge is 2.07. The number of amides is 1. The van der Waals surface area contributed by atoms with Crippen LogP contribution < -0.4 is 14.8 Å². The first kappa shape index (κ1) is 15.8. The van der Waals surface area contributed by atoms with Crippen molar-refractivity contribution >= 4 is 5.91 Å². The zero-order valence-electron chi connectivity index (χ0n) is 12.7. The largest absolute Gasteiger partial charge is 0.497 e. The van der Waals surface area contributed by atoms with Gasteiger partial charge >= 0.3 is 0 Å². The summed E-state index contributed by atoms with van der Waals surface area (Å²) in [7, 11) is 1.63. The molecule has 22 heavy (non-hydrogen) atoms. The van der Waals surface area contributed by atoms with E-state index in [2.05, 4.69) is 15.5 Å². The van der Waals surface area contributed by atoms with E-state index in [1.807, 2.05) is 31.2 Å². The fourth-order valence-corrected chi connectivity index (χ4v) is 1.87. The molecule has 6 nitrogen and oxygen atoms in total. The van der Waals surface area contributed by atoms with E-state index in [0.29, 0.717) is 19.0 Å². The number of aromatic nitrogens is 2. The van der Waals surface area contributed by atoms with Crippen LogP contribution in [0, 0.1) is 0 Å². The van der Waals surface area contributed by atoms with Gasteiger partial charge in [0.15, 0.2) is 5.69 Å². The van der Waals surface area contributed by atoms with Crippen molar-refractivity contribution in [2.75, 3.05) is 20.3 Å². The standard InChI is InChI=1S/C16H19N3O3/c1-3-22-15-9-8-14(18-19-15)16(20)17-11-10-12-4-6-13(21-2)7-5-12/h4-9H,3,10-11H2,1-2H3,(H,17,20). The molecule has 1 heterocycles. The van der Waals surface area contributed by atoms with Gasteiger partial charge in [-0.15, -0.1) is 10.2 Å². The molecule has 1 aromatic heterocycles. The number of carbonyl (C=O) groups excluding carboxylic acids is 1. The summed E-state index contributed by atoms with van der Waals surface area (Å²) in [5, 5.41) is 10.5. The van der Waals surface area contributed by atoms with E-state index in [9.17, 15) is 4.79 Å². The van der Waals surface area contributed by atoms with Crippen LogP contribution in [0.1, 0.15) is 23.0 Å². The molecule has 0 atom stereocenters. The van der Waals surface area contributed by atoms with Gasteiger partial charge in [0.1, 0.15) is 5.75 Å². The molecule has 0 unspecified atom stereocenters. The highest BCUT2D eigenvalue weighted by molar-refractivity contribution is 5.92. The number of hydrogen-bond donors (Lipinski definition) is 1. The maximum atomic E-state index is 11.9. The molecule has 0 spiro atoms. The molecule has 0 aliphatic heterocycles. The minimum absolute atomic E-state index is 0.246. The number of rotatable bonds is 7. The average molecular weight is 301 g/mol. The monoisotopic (exact) mass is 301 g/mol. The summed E-state index contributed by atoms with van der Waals surface area (Å²) >= 11 is 0. The zero-order valence-corrected chi connectivity index (χ0v) is 12.7. The van der Waals surface area contributed by atoms with Gasteiger partial charge in [0.25, 0.3) is 5.91 Å². The van der Waals surface area contributed by atoms with E-state index in [0.717, 1.165) is 17.7 Å². The van der Waals surface area contributed by atoms with Gasteiger partial charge in [-0.1, -0.05) is 12.1 Å². The van der Waals surface area contributed by atoms with E-state index >= 15 is 0 Å². The van der Waals surface area contributed by atoms with Crippen LogP contribution in [0.15, 0.2) is 36.4 Å². The zero-order chi connectivity index (χ0) is 15.8. The maximum absolute atomic E-state index is 11.9. The van der Waals surface area contributed by atoms with Crippen molar-refractivity contribution in [3.05, 3.63) is 47.7 Å². The molecule has 1 N–H and O–H groups in total. The number of nitrogens with one attached hydrogen (secondary N) is 1. The van der Waals surface area contributed by atoms with Gasteiger partial charge in [-0.05, 0) is 37.1 Å². The van der Waals surface area contributed by atoms with Crippen LogP contribution in [0.25, 0.3) is 0 Å². The highest BCUT2D eigenvalue weighted by Crippen LogP contribution is 2.11. The Morgan fingerprint density at radius 3 is 2.50 bits per heavy atom. The van der Waals surface area contributed by atoms with Crippen LogP contribution in [-0.2, 0) is 6.42 Å². The number of hydrogen-bond acceptors (Lipinski definition) is 5. The van der Waals surface area contributed by atoms with Gasteiger partial charge in [0.05, 0.1) is 13.7 Å². The molecule has 116 valence electrons. The molecule has 0 aliphatic rings. The predicted molar refractivity (Wildman–Crippen MR) is 82.2 cm³/mol. The third kappa shape index (κ3) is 4.44. The maximum Gasteiger partial charge on any atom is 0.271 e. The van der Waals surface area contributed by atoms with Crippen LogP contribution in [-0.4, -0.2) is 36.4 Å². The molecule has 0 fully saturated rings. The summed E-state index contributed by atoms with van der Waals surface area (Å²) in [6, 6.07) is 11.0. The second kappa shape index (κ2) is 7.97. The molecule has 0 radical (unpaired) electrons. The Bertz CT molecular complexity index is 597. The van der Waals surface area contributed by atoms with Crippen LogP contribution in [0.4, 0.5) is 0 Å². The topological polar surface area (TPSA) is 73.3 Å². The number of ether oxygens (including phenoxy) is 2. The quantitative estimate of drug-likeness (QED) is 0.845. The smallest absolute Gasteiger partial charge is 0.271 e. The van der Waals surface area contributed by atoms with Crippen LogP contribution in [0.2, 0.25) is 0 Å². The van der Waals surface area contributed by atoms with E-state index < -0.39 is 0 Å². The summed E-state index contributed by atoms with van der Waals surface area (Å²) in [6.45, 7) is 2.91. The van der Waals surface area contributed by atoms with Crippen molar-refractivity contribution in [3.63, 3.8) is 0 Å². The Labute approximate surface area is 129 Å². The van der Waals surface area contributed by atoms with Crippen molar-refractivity contribution in [2.24, 2.45) is 0 Å². The molecule has 1 amide bonds. The van der Waals surface area contributed by atoms with Crippen molar-refractivity contribution < 1.29 is 14.3 Å². The second-order valence-electron chi connectivity index (χ2n) is 4.54. The first-order valence-corrected chi connectivity index (χ1v) is 7.10. The number of carbonyl (C=O) groups is 1. The highest BCUT2D eigenvalue weighted by atomic mass is 16.5. The van der Waals surface area contributed by atoms with Gasteiger partial charge in [-0.3, -0.25) is 4.79 Å². The van der Waals surface area contributed by atoms with E-state index in [1.165, 1.54) is 0 Å². The summed E-state index contributed by atoms with van der Waals surface area (Å²) in [5.41, 5.74) is 1.40. The Kier molecular flexibility index (Phi) is 5.71. The molecular weight excluding hydrogens is 282 g/mol. The lowest BCUT2D eigenvalue weighted by Gasteiger charge is -2.06. The lowest BCUT2D eigenvalue weighted by molar-refractivity contribution is 0.0948. The number of nitrogens with zero attached hydrogens (tertiary/aromatic N) is 2.